The van der Waals surface area contributed by atoms with Crippen LogP contribution in [-0.4, -0.2) is 57.2 Å². The fraction of sp³-hybridized carbons (Fsp3) is 0.818. The molecule has 0 bridgehead atoms. The van der Waals surface area contributed by atoms with Gasteiger partial charge >= 0.3 is 11.9 Å². The van der Waals surface area contributed by atoms with Crippen LogP contribution >= 0.6 is 23.5 Å². The summed E-state index contributed by atoms with van der Waals surface area (Å²) >= 11 is 3.39. The van der Waals surface area contributed by atoms with Crippen LogP contribution in [0.15, 0.2) is 0 Å². The van der Waals surface area contributed by atoms with Gasteiger partial charge in [0, 0.05) is 0 Å². The molecule has 0 aliphatic rings. The number of hydrogen-bond donors (Lipinski definition) is 4. The lowest BCUT2D eigenvalue weighted by Crippen LogP contribution is -2.30. The lowest BCUT2D eigenvalue weighted by Gasteiger charge is -2.07. The van der Waals surface area contributed by atoms with E-state index in [1.165, 1.54) is 0 Å². The Morgan fingerprint density at radius 1 is 0.842 bits per heavy atom. The zero-order chi connectivity index (χ0) is 14.7. The Labute approximate surface area is 121 Å². The van der Waals surface area contributed by atoms with Gasteiger partial charge in [-0.3, -0.25) is 9.59 Å². The van der Waals surface area contributed by atoms with Gasteiger partial charge in [-0.15, -0.1) is 0 Å². The minimum atomic E-state index is -0.953. The average molecular weight is 310 g/mol. The molecule has 2 atom stereocenters. The second-order valence-electron chi connectivity index (χ2n) is 4.05. The highest BCUT2D eigenvalue weighted by Gasteiger charge is 2.11. The highest BCUT2D eigenvalue weighted by Crippen LogP contribution is 2.11. The smallest absolute Gasteiger partial charge is 0.320 e. The van der Waals surface area contributed by atoms with Gasteiger partial charge in [0.2, 0.25) is 0 Å². The molecule has 0 heterocycles. The Bertz CT molecular complexity index is 253. The van der Waals surface area contributed by atoms with E-state index in [1.807, 2.05) is 0 Å². The van der Waals surface area contributed by atoms with Crippen LogP contribution in [0.1, 0.15) is 19.3 Å². The predicted molar refractivity (Wildman–Crippen MR) is 79.7 cm³/mol. The maximum atomic E-state index is 10.5. The van der Waals surface area contributed by atoms with Crippen molar-refractivity contribution in [1.82, 2.24) is 0 Å². The first-order valence-electron chi connectivity index (χ1n) is 6.07. The molecule has 0 amide bonds. The molecule has 0 spiro atoms. The molecule has 0 saturated heterocycles. The first-order chi connectivity index (χ1) is 8.95. The molecule has 0 aliphatic heterocycles. The number of rotatable bonds is 12. The Morgan fingerprint density at radius 2 is 1.21 bits per heavy atom. The van der Waals surface area contributed by atoms with Crippen molar-refractivity contribution in [2.45, 2.75) is 31.3 Å². The fourth-order valence-corrected chi connectivity index (χ4v) is 3.26. The van der Waals surface area contributed by atoms with Crippen molar-refractivity contribution in [2.24, 2.45) is 11.5 Å². The van der Waals surface area contributed by atoms with E-state index in [1.54, 1.807) is 23.5 Å². The van der Waals surface area contributed by atoms with Crippen LogP contribution in [0.3, 0.4) is 0 Å². The van der Waals surface area contributed by atoms with Crippen LogP contribution in [-0.2, 0) is 9.59 Å². The third kappa shape index (κ3) is 11.1. The Hall–Kier alpha value is -0.440. The van der Waals surface area contributed by atoms with Crippen LogP contribution < -0.4 is 11.5 Å². The van der Waals surface area contributed by atoms with Gasteiger partial charge in [-0.2, -0.15) is 23.5 Å². The van der Waals surface area contributed by atoms with Crippen molar-refractivity contribution < 1.29 is 19.8 Å². The highest BCUT2D eigenvalue weighted by atomic mass is 32.2. The second-order valence-corrected chi connectivity index (χ2v) is 6.49. The van der Waals surface area contributed by atoms with Crippen molar-refractivity contribution in [2.75, 3.05) is 23.0 Å². The molecule has 19 heavy (non-hydrogen) atoms. The predicted octanol–water partition coefficient (Wildman–Crippen LogP) is 0.447. The minimum absolute atomic E-state index is 0.487. The van der Waals surface area contributed by atoms with Crippen molar-refractivity contribution in [1.29, 1.82) is 0 Å². The lowest BCUT2D eigenvalue weighted by molar-refractivity contribution is -0.139. The maximum Gasteiger partial charge on any atom is 0.320 e. The normalized spacial score (nSPS) is 14.0. The van der Waals surface area contributed by atoms with Crippen molar-refractivity contribution in [3.63, 3.8) is 0 Å². The summed E-state index contributed by atoms with van der Waals surface area (Å²) in [5.74, 6) is 1.52. The lowest BCUT2D eigenvalue weighted by atomic mass is 10.2. The van der Waals surface area contributed by atoms with Gasteiger partial charge < -0.3 is 21.7 Å². The van der Waals surface area contributed by atoms with Gasteiger partial charge in [0.1, 0.15) is 12.1 Å². The monoisotopic (exact) mass is 310 g/mol. The number of aliphatic carboxylic acids is 2. The van der Waals surface area contributed by atoms with Gasteiger partial charge in [-0.25, -0.2) is 0 Å². The van der Waals surface area contributed by atoms with Crippen molar-refractivity contribution in [3.8, 4) is 0 Å². The number of thioether (sulfide) groups is 2. The molecule has 0 aromatic carbocycles. The first-order valence-corrected chi connectivity index (χ1v) is 8.38. The summed E-state index contributed by atoms with van der Waals surface area (Å²) in [5, 5.41) is 17.2. The summed E-state index contributed by atoms with van der Waals surface area (Å²) in [7, 11) is 0. The van der Waals surface area contributed by atoms with E-state index < -0.39 is 24.0 Å². The van der Waals surface area contributed by atoms with Crippen molar-refractivity contribution >= 4 is 35.5 Å². The molecule has 112 valence electrons. The number of carboxylic acid groups (broad SMARTS) is 2. The van der Waals surface area contributed by atoms with Crippen LogP contribution in [0.4, 0.5) is 0 Å². The molecule has 8 heteroatoms. The molecule has 2 unspecified atom stereocenters. The van der Waals surface area contributed by atoms with Gasteiger partial charge in [-0.1, -0.05) is 0 Å². The van der Waals surface area contributed by atoms with Gasteiger partial charge in [0.25, 0.3) is 0 Å². The zero-order valence-corrected chi connectivity index (χ0v) is 12.4. The second kappa shape index (κ2) is 11.4. The molecule has 0 saturated carbocycles. The SMILES string of the molecule is NC(CCSCCCSCCC(N)C(=O)O)C(=O)O. The largest absolute Gasteiger partial charge is 0.480 e. The number of nitrogens with two attached hydrogens (primary N) is 2. The molecule has 0 aromatic rings. The number of carbonyl (C=O) groups is 2. The molecule has 0 radical (unpaired) electrons. The number of carboxylic acids is 2. The summed E-state index contributed by atoms with van der Waals surface area (Å²) in [4.78, 5) is 20.9. The summed E-state index contributed by atoms with van der Waals surface area (Å²) < 4.78 is 0. The maximum absolute atomic E-state index is 10.5. The summed E-state index contributed by atoms with van der Waals surface area (Å²) in [5.41, 5.74) is 10.7. The van der Waals surface area contributed by atoms with Crippen LogP contribution in [0.5, 0.6) is 0 Å². The zero-order valence-electron chi connectivity index (χ0n) is 10.8. The summed E-state index contributed by atoms with van der Waals surface area (Å²) in [6, 6.07) is -1.53. The number of hydrogen-bond acceptors (Lipinski definition) is 6. The van der Waals surface area contributed by atoms with E-state index in [9.17, 15) is 9.59 Å². The van der Waals surface area contributed by atoms with E-state index in [4.69, 9.17) is 21.7 Å². The third-order valence-corrected chi connectivity index (χ3v) is 4.56. The topological polar surface area (TPSA) is 127 Å². The molecule has 0 fully saturated rings. The fourth-order valence-electron chi connectivity index (χ4n) is 1.13. The van der Waals surface area contributed by atoms with Crippen LogP contribution in [0.2, 0.25) is 0 Å². The molecule has 6 N–H and O–H groups in total. The molecular weight excluding hydrogens is 288 g/mol. The average Bonchev–Trinajstić information content (AvgIpc) is 2.35. The van der Waals surface area contributed by atoms with E-state index in [2.05, 4.69) is 0 Å². The Kier molecular flexibility index (Phi) is 11.1. The van der Waals surface area contributed by atoms with E-state index >= 15 is 0 Å². The quantitative estimate of drug-likeness (QED) is 0.383. The first kappa shape index (κ1) is 18.6. The van der Waals surface area contributed by atoms with Crippen molar-refractivity contribution in [3.05, 3.63) is 0 Å². The Morgan fingerprint density at radius 3 is 1.53 bits per heavy atom. The van der Waals surface area contributed by atoms with E-state index in [0.717, 1.165) is 29.4 Å². The Balaban J connectivity index is 3.24. The van der Waals surface area contributed by atoms with Gasteiger partial charge in [0.05, 0.1) is 0 Å². The molecule has 0 aromatic heterocycles. The van der Waals surface area contributed by atoms with E-state index in [0.29, 0.717) is 12.8 Å². The molecule has 0 aliphatic carbocycles. The van der Waals surface area contributed by atoms with Gasteiger partial charge in [0.15, 0.2) is 0 Å². The van der Waals surface area contributed by atoms with Gasteiger partial charge in [-0.05, 0) is 42.3 Å². The summed E-state index contributed by atoms with van der Waals surface area (Å²) in [6.45, 7) is 0. The molecular formula is C11H22N2O4S2. The highest BCUT2D eigenvalue weighted by molar-refractivity contribution is 8.00. The minimum Gasteiger partial charge on any atom is -0.480 e. The molecule has 6 nitrogen and oxygen atoms in total. The molecule has 0 rings (SSSR count). The summed E-state index contributed by atoms with van der Waals surface area (Å²) in [6.07, 6.45) is 1.99. The van der Waals surface area contributed by atoms with E-state index in [-0.39, 0.29) is 0 Å². The van der Waals surface area contributed by atoms with Crippen LogP contribution in [0, 0.1) is 0 Å². The van der Waals surface area contributed by atoms with Crippen LogP contribution in [0.25, 0.3) is 0 Å². The standard InChI is InChI=1S/C11H22N2O4S2/c12-8(10(14)15)2-6-18-4-1-5-19-7-3-9(13)11(16)17/h8-9H,1-7,12-13H2,(H,14,15)(H,16,17). The third-order valence-electron chi connectivity index (χ3n) is 2.36.